The van der Waals surface area contributed by atoms with Gasteiger partial charge in [-0.25, -0.2) is 0 Å². The smallest absolute Gasteiger partial charge is 0.302 e. The van der Waals surface area contributed by atoms with Crippen molar-refractivity contribution in [3.8, 4) is 0 Å². The largest absolute Gasteiger partial charge is 0.304 e. The molecule has 0 bridgehead atoms. The number of nitrogens with zero attached hydrogens (tertiary/aromatic N) is 3. The molecule has 2 rings (SSSR count). The van der Waals surface area contributed by atoms with E-state index in [0.29, 0.717) is 6.54 Å². The summed E-state index contributed by atoms with van der Waals surface area (Å²) in [7, 11) is 1.98. The number of rotatable bonds is 6. The molecule has 5 nitrogen and oxygen atoms in total. The number of nitro benzene ring substituents is 1. The van der Waals surface area contributed by atoms with Crippen molar-refractivity contribution in [1.29, 1.82) is 0 Å². The third kappa shape index (κ3) is 3.98. The lowest BCUT2D eigenvalue weighted by molar-refractivity contribution is -0.387. The van der Waals surface area contributed by atoms with Gasteiger partial charge in [0.25, 0.3) is 0 Å². The number of hydrogen-bond acceptors (Lipinski definition) is 4. The number of likely N-dealkylation sites (tertiary alicyclic amines) is 1. The molecule has 0 atom stereocenters. The normalized spacial score (nSPS) is 15.9. The minimum atomic E-state index is -0.763. The molecule has 1 aromatic carbocycles. The maximum absolute atomic E-state index is 13.5. The molecule has 0 radical (unpaired) electrons. The molecule has 0 saturated carbocycles. The number of benzene rings is 1. The minimum Gasteiger partial charge on any atom is -0.302 e. The fourth-order valence-electron chi connectivity index (χ4n) is 2.51. The Hall–Kier alpha value is -1.53. The second-order valence-electron chi connectivity index (χ2n) is 5.33. The van der Waals surface area contributed by atoms with Crippen molar-refractivity contribution in [3.63, 3.8) is 0 Å². The Labute approximate surface area is 118 Å². The first-order valence-electron chi connectivity index (χ1n) is 6.90. The molecule has 0 unspecified atom stereocenters. The van der Waals surface area contributed by atoms with E-state index in [-0.39, 0.29) is 0 Å². The van der Waals surface area contributed by atoms with Crippen LogP contribution < -0.4 is 0 Å². The van der Waals surface area contributed by atoms with Gasteiger partial charge in [0.1, 0.15) is 0 Å². The Kier molecular flexibility index (Phi) is 5.03. The molecule has 6 heteroatoms. The fourth-order valence-corrected chi connectivity index (χ4v) is 2.51. The lowest BCUT2D eigenvalue weighted by atomic mass is 10.2. The highest BCUT2D eigenvalue weighted by molar-refractivity contribution is 5.34. The zero-order chi connectivity index (χ0) is 14.5. The van der Waals surface area contributed by atoms with Gasteiger partial charge in [0.15, 0.2) is 0 Å². The van der Waals surface area contributed by atoms with Gasteiger partial charge in [0.05, 0.1) is 4.92 Å². The van der Waals surface area contributed by atoms with Crippen molar-refractivity contribution < 1.29 is 9.31 Å². The summed E-state index contributed by atoms with van der Waals surface area (Å²) in [5.74, 6) is -0.763. The highest BCUT2D eigenvalue weighted by Crippen LogP contribution is 2.18. The lowest BCUT2D eigenvalue weighted by Crippen LogP contribution is -2.31. The molecular formula is C14H20FN3O2. The van der Waals surface area contributed by atoms with Gasteiger partial charge in [-0.2, -0.15) is 4.39 Å². The van der Waals surface area contributed by atoms with Crippen LogP contribution in [0, 0.1) is 15.9 Å². The first kappa shape index (κ1) is 14.9. The summed E-state index contributed by atoms with van der Waals surface area (Å²) < 4.78 is 13.5. The highest BCUT2D eigenvalue weighted by Gasteiger charge is 2.15. The van der Waals surface area contributed by atoms with Crippen LogP contribution in [0.25, 0.3) is 0 Å². The minimum absolute atomic E-state index is 0.464. The van der Waals surface area contributed by atoms with Gasteiger partial charge in [0.2, 0.25) is 5.82 Å². The van der Waals surface area contributed by atoms with Crippen LogP contribution >= 0.6 is 0 Å². The van der Waals surface area contributed by atoms with Crippen LogP contribution in [0.2, 0.25) is 0 Å². The number of likely N-dealkylation sites (N-methyl/N-ethyl adjacent to an activating group) is 1. The molecule has 110 valence electrons. The van der Waals surface area contributed by atoms with Gasteiger partial charge in [0, 0.05) is 25.7 Å². The predicted molar refractivity (Wildman–Crippen MR) is 75.1 cm³/mol. The molecule has 1 aliphatic rings. The summed E-state index contributed by atoms with van der Waals surface area (Å²) >= 11 is 0. The van der Waals surface area contributed by atoms with Gasteiger partial charge in [-0.3, -0.25) is 10.1 Å². The maximum atomic E-state index is 13.5. The molecular weight excluding hydrogens is 261 g/mol. The Morgan fingerprint density at radius 1 is 1.40 bits per heavy atom. The number of hydrogen-bond donors (Lipinski definition) is 0. The van der Waals surface area contributed by atoms with E-state index in [1.54, 1.807) is 6.07 Å². The van der Waals surface area contributed by atoms with E-state index in [2.05, 4.69) is 9.80 Å². The Morgan fingerprint density at radius 3 is 2.70 bits per heavy atom. The summed E-state index contributed by atoms with van der Waals surface area (Å²) in [6.45, 7) is 4.87. The van der Waals surface area contributed by atoms with Gasteiger partial charge < -0.3 is 9.80 Å². The molecule has 0 aliphatic carbocycles. The first-order chi connectivity index (χ1) is 9.56. The lowest BCUT2D eigenvalue weighted by Gasteiger charge is -2.21. The number of halogens is 1. The molecule has 20 heavy (non-hydrogen) atoms. The van der Waals surface area contributed by atoms with Crippen molar-refractivity contribution in [2.45, 2.75) is 19.4 Å². The summed E-state index contributed by atoms with van der Waals surface area (Å²) in [5.41, 5.74) is 0.297. The third-order valence-electron chi connectivity index (χ3n) is 3.66. The summed E-state index contributed by atoms with van der Waals surface area (Å²) in [6.07, 6.45) is 2.55. The molecule has 1 heterocycles. The van der Waals surface area contributed by atoms with E-state index in [9.17, 15) is 14.5 Å². The van der Waals surface area contributed by atoms with Crippen LogP contribution in [0.5, 0.6) is 0 Å². The fraction of sp³-hybridized carbons (Fsp3) is 0.571. The zero-order valence-corrected chi connectivity index (χ0v) is 11.7. The second-order valence-corrected chi connectivity index (χ2v) is 5.33. The third-order valence-corrected chi connectivity index (χ3v) is 3.66. The summed E-state index contributed by atoms with van der Waals surface area (Å²) in [5, 5.41) is 10.6. The molecule has 0 amide bonds. The van der Waals surface area contributed by atoms with Gasteiger partial charge >= 0.3 is 5.69 Å². The average Bonchev–Trinajstić information content (AvgIpc) is 2.89. The molecule has 0 aromatic heterocycles. The number of nitro groups is 1. The Bertz CT molecular complexity index is 475. The van der Waals surface area contributed by atoms with Crippen molar-refractivity contribution >= 4 is 5.69 Å². The molecule has 0 N–H and O–H groups in total. The standard InChI is InChI=1S/C14H20FN3O2/c1-16(8-9-17-6-2-3-7-17)11-12-4-5-14(18(19)20)13(15)10-12/h4-5,10H,2-3,6-9,11H2,1H3. The van der Waals surface area contributed by atoms with Gasteiger partial charge in [-0.1, -0.05) is 6.07 Å². The van der Waals surface area contributed by atoms with E-state index in [1.165, 1.54) is 38.1 Å². The second kappa shape index (κ2) is 6.76. The van der Waals surface area contributed by atoms with E-state index >= 15 is 0 Å². The molecule has 1 saturated heterocycles. The van der Waals surface area contributed by atoms with Gasteiger partial charge in [-0.15, -0.1) is 0 Å². The van der Waals surface area contributed by atoms with Crippen molar-refractivity contribution in [2.24, 2.45) is 0 Å². The van der Waals surface area contributed by atoms with E-state index in [1.807, 2.05) is 7.05 Å². The van der Waals surface area contributed by atoms with E-state index in [4.69, 9.17) is 0 Å². The summed E-state index contributed by atoms with van der Waals surface area (Å²) in [6, 6.07) is 4.11. The highest BCUT2D eigenvalue weighted by atomic mass is 19.1. The van der Waals surface area contributed by atoms with Crippen molar-refractivity contribution in [2.75, 3.05) is 33.2 Å². The topological polar surface area (TPSA) is 49.6 Å². The van der Waals surface area contributed by atoms with E-state index in [0.717, 1.165) is 18.7 Å². The first-order valence-corrected chi connectivity index (χ1v) is 6.90. The Morgan fingerprint density at radius 2 is 2.10 bits per heavy atom. The molecule has 0 spiro atoms. The van der Waals surface area contributed by atoms with E-state index < -0.39 is 16.4 Å². The molecule has 1 aliphatic heterocycles. The monoisotopic (exact) mass is 281 g/mol. The van der Waals surface area contributed by atoms with Crippen LogP contribution in [-0.4, -0.2) is 47.9 Å². The van der Waals surface area contributed by atoms with Crippen LogP contribution in [0.4, 0.5) is 10.1 Å². The molecule has 1 aromatic rings. The quantitative estimate of drug-likeness (QED) is 0.593. The Balaban J connectivity index is 1.85. The summed E-state index contributed by atoms with van der Waals surface area (Å²) in [4.78, 5) is 14.4. The van der Waals surface area contributed by atoms with Crippen LogP contribution in [-0.2, 0) is 6.54 Å². The zero-order valence-electron chi connectivity index (χ0n) is 11.7. The van der Waals surface area contributed by atoms with Gasteiger partial charge in [-0.05, 0) is 44.6 Å². The van der Waals surface area contributed by atoms with Crippen molar-refractivity contribution in [1.82, 2.24) is 9.80 Å². The predicted octanol–water partition coefficient (Wildman–Crippen LogP) is 2.26. The van der Waals surface area contributed by atoms with Crippen LogP contribution in [0.15, 0.2) is 18.2 Å². The average molecular weight is 281 g/mol. The van der Waals surface area contributed by atoms with Crippen LogP contribution in [0.3, 0.4) is 0 Å². The van der Waals surface area contributed by atoms with Crippen molar-refractivity contribution in [3.05, 3.63) is 39.7 Å². The SMILES string of the molecule is CN(CCN1CCCC1)Cc1ccc([N+](=O)[O-])c(F)c1. The van der Waals surface area contributed by atoms with Crippen LogP contribution in [0.1, 0.15) is 18.4 Å². The maximum Gasteiger partial charge on any atom is 0.304 e. The molecule has 1 fully saturated rings.